The first-order valence-corrected chi connectivity index (χ1v) is 8.93. The molecule has 0 unspecified atom stereocenters. The number of carboxylic acid groups (broad SMARTS) is 1. The van der Waals surface area contributed by atoms with Crippen LogP contribution in [0.4, 0.5) is 0 Å². The number of rotatable bonds is 7. The van der Waals surface area contributed by atoms with E-state index < -0.39 is 5.97 Å². The van der Waals surface area contributed by atoms with Crippen LogP contribution in [0.5, 0.6) is 0 Å². The molecule has 0 spiro atoms. The van der Waals surface area contributed by atoms with Crippen molar-refractivity contribution in [1.29, 1.82) is 0 Å². The molecule has 24 heavy (non-hydrogen) atoms. The van der Waals surface area contributed by atoms with Gasteiger partial charge in [0.1, 0.15) is 11.3 Å². The first-order valence-electron chi connectivity index (χ1n) is 7.95. The average molecular weight is 345 g/mol. The number of hydrogen-bond donors (Lipinski definition) is 2. The van der Waals surface area contributed by atoms with Crippen LogP contribution in [0.15, 0.2) is 45.9 Å². The van der Waals surface area contributed by atoms with Gasteiger partial charge in [-0.3, -0.25) is 4.79 Å². The molecule has 0 bridgehead atoms. The summed E-state index contributed by atoms with van der Waals surface area (Å²) < 4.78 is 5.25. The molecular weight excluding hydrogens is 326 g/mol. The normalized spacial score (nSPS) is 14.2. The maximum atomic E-state index is 12.4. The van der Waals surface area contributed by atoms with Crippen LogP contribution >= 0.6 is 11.8 Å². The molecule has 1 heterocycles. The summed E-state index contributed by atoms with van der Waals surface area (Å²) in [6, 6.07) is 8.80. The second kappa shape index (κ2) is 7.57. The molecule has 1 amide bonds. The van der Waals surface area contributed by atoms with Crippen molar-refractivity contribution in [2.75, 3.05) is 6.54 Å². The summed E-state index contributed by atoms with van der Waals surface area (Å²) in [6.45, 7) is 0.721. The second-order valence-electron chi connectivity index (χ2n) is 5.85. The Balaban J connectivity index is 1.66. The number of aromatic carboxylic acids is 1. The van der Waals surface area contributed by atoms with E-state index >= 15 is 0 Å². The van der Waals surface area contributed by atoms with Crippen LogP contribution in [0.25, 0.3) is 0 Å². The van der Waals surface area contributed by atoms with E-state index in [0.717, 1.165) is 11.4 Å². The monoisotopic (exact) mass is 345 g/mol. The Hall–Kier alpha value is -2.21. The third kappa shape index (κ3) is 3.82. The summed E-state index contributed by atoms with van der Waals surface area (Å²) >= 11 is 1.40. The highest BCUT2D eigenvalue weighted by Gasteiger charge is 2.20. The Morgan fingerprint density at radius 2 is 2.00 bits per heavy atom. The number of carboxylic acids is 1. The molecule has 2 N–H and O–H groups in total. The van der Waals surface area contributed by atoms with Crippen molar-refractivity contribution in [1.82, 2.24) is 5.32 Å². The maximum absolute atomic E-state index is 12.4. The van der Waals surface area contributed by atoms with E-state index in [1.54, 1.807) is 6.07 Å². The topological polar surface area (TPSA) is 79.5 Å². The number of nitrogens with one attached hydrogen (secondary N) is 1. The third-order valence-electron chi connectivity index (χ3n) is 4.24. The van der Waals surface area contributed by atoms with Gasteiger partial charge in [0.05, 0.1) is 17.6 Å². The molecule has 1 saturated carbocycles. The van der Waals surface area contributed by atoms with Crippen molar-refractivity contribution in [2.24, 2.45) is 5.92 Å². The number of benzene rings is 1. The zero-order valence-corrected chi connectivity index (χ0v) is 14.0. The third-order valence-corrected chi connectivity index (χ3v) is 5.32. The summed E-state index contributed by atoms with van der Waals surface area (Å²) in [6.07, 6.45) is 5.00. The van der Waals surface area contributed by atoms with E-state index in [4.69, 9.17) is 9.52 Å². The molecule has 0 radical (unpaired) electrons. The van der Waals surface area contributed by atoms with E-state index in [0.29, 0.717) is 23.0 Å². The fourth-order valence-electron chi connectivity index (χ4n) is 2.60. The van der Waals surface area contributed by atoms with Crippen molar-refractivity contribution in [3.05, 3.63) is 53.5 Å². The molecule has 6 heteroatoms. The predicted octanol–water partition coefficient (Wildman–Crippen LogP) is 3.80. The SMILES string of the molecule is O=C(NCC1CCC1)c1ccccc1SCc1occc1C(=O)O. The van der Waals surface area contributed by atoms with Gasteiger partial charge in [0, 0.05) is 11.4 Å². The molecule has 0 saturated heterocycles. The second-order valence-corrected chi connectivity index (χ2v) is 6.87. The number of thioether (sulfide) groups is 1. The van der Waals surface area contributed by atoms with Crippen LogP contribution in [0.2, 0.25) is 0 Å². The van der Waals surface area contributed by atoms with Crippen LogP contribution in [0.3, 0.4) is 0 Å². The van der Waals surface area contributed by atoms with E-state index in [1.807, 2.05) is 18.2 Å². The van der Waals surface area contributed by atoms with Gasteiger partial charge in [-0.1, -0.05) is 18.6 Å². The Morgan fingerprint density at radius 3 is 2.71 bits per heavy atom. The molecular formula is C18H19NO4S. The quantitative estimate of drug-likeness (QED) is 0.746. The minimum Gasteiger partial charge on any atom is -0.478 e. The Morgan fingerprint density at radius 1 is 1.21 bits per heavy atom. The number of amides is 1. The number of furan rings is 1. The van der Waals surface area contributed by atoms with E-state index in [9.17, 15) is 9.59 Å². The van der Waals surface area contributed by atoms with Crippen LogP contribution in [-0.2, 0) is 5.75 Å². The van der Waals surface area contributed by atoms with Crippen LogP contribution in [0.1, 0.15) is 45.7 Å². The number of carbonyl (C=O) groups excluding carboxylic acids is 1. The molecule has 1 aromatic carbocycles. The first kappa shape index (κ1) is 16.6. The molecule has 1 aliphatic carbocycles. The van der Waals surface area contributed by atoms with Crippen LogP contribution < -0.4 is 5.32 Å². The highest BCUT2D eigenvalue weighted by Crippen LogP contribution is 2.29. The predicted molar refractivity (Wildman–Crippen MR) is 91.3 cm³/mol. The molecule has 5 nitrogen and oxygen atoms in total. The van der Waals surface area contributed by atoms with Crippen molar-refractivity contribution >= 4 is 23.6 Å². The minimum absolute atomic E-state index is 0.0806. The zero-order chi connectivity index (χ0) is 16.9. The van der Waals surface area contributed by atoms with Crippen molar-refractivity contribution < 1.29 is 19.1 Å². The van der Waals surface area contributed by atoms with Crippen molar-refractivity contribution in [3.63, 3.8) is 0 Å². The molecule has 126 valence electrons. The van der Waals surface area contributed by atoms with Crippen LogP contribution in [-0.4, -0.2) is 23.5 Å². The fourth-order valence-corrected chi connectivity index (χ4v) is 3.60. The molecule has 0 atom stereocenters. The number of carbonyl (C=O) groups is 2. The molecule has 3 rings (SSSR count). The van der Waals surface area contributed by atoms with E-state index in [-0.39, 0.29) is 11.5 Å². The van der Waals surface area contributed by atoms with Crippen molar-refractivity contribution in [3.8, 4) is 0 Å². The van der Waals surface area contributed by atoms with Crippen LogP contribution in [0, 0.1) is 5.92 Å². The lowest BCUT2D eigenvalue weighted by molar-refractivity contribution is 0.0694. The fraction of sp³-hybridized carbons (Fsp3) is 0.333. The van der Waals surface area contributed by atoms with E-state index in [1.165, 1.54) is 43.4 Å². The van der Waals surface area contributed by atoms with Crippen molar-refractivity contribution in [2.45, 2.75) is 29.9 Å². The largest absolute Gasteiger partial charge is 0.478 e. The molecule has 1 aliphatic rings. The summed E-state index contributed by atoms with van der Waals surface area (Å²) in [5.41, 5.74) is 0.777. The average Bonchev–Trinajstić information content (AvgIpc) is 3.00. The molecule has 2 aromatic rings. The van der Waals surface area contributed by atoms with Gasteiger partial charge in [-0.25, -0.2) is 4.79 Å². The molecule has 0 aliphatic heterocycles. The Bertz CT molecular complexity index is 736. The lowest BCUT2D eigenvalue weighted by Crippen LogP contribution is -2.32. The number of hydrogen-bond acceptors (Lipinski definition) is 4. The summed E-state index contributed by atoms with van der Waals surface area (Å²) in [4.78, 5) is 24.3. The lowest BCUT2D eigenvalue weighted by Gasteiger charge is -2.25. The maximum Gasteiger partial charge on any atom is 0.339 e. The smallest absolute Gasteiger partial charge is 0.339 e. The van der Waals surface area contributed by atoms with Gasteiger partial charge in [-0.15, -0.1) is 11.8 Å². The summed E-state index contributed by atoms with van der Waals surface area (Å²) in [5, 5.41) is 12.1. The van der Waals surface area contributed by atoms with Gasteiger partial charge in [-0.05, 0) is 37.0 Å². The lowest BCUT2D eigenvalue weighted by atomic mass is 9.85. The minimum atomic E-state index is -1.01. The van der Waals surface area contributed by atoms with E-state index in [2.05, 4.69) is 5.32 Å². The van der Waals surface area contributed by atoms with Gasteiger partial charge >= 0.3 is 5.97 Å². The molecule has 1 fully saturated rings. The molecule has 1 aromatic heterocycles. The highest BCUT2D eigenvalue weighted by molar-refractivity contribution is 7.98. The van der Waals surface area contributed by atoms with Gasteiger partial charge in [0.25, 0.3) is 5.91 Å². The Kier molecular flexibility index (Phi) is 5.25. The summed E-state index contributed by atoms with van der Waals surface area (Å²) in [7, 11) is 0. The highest BCUT2D eigenvalue weighted by atomic mass is 32.2. The summed E-state index contributed by atoms with van der Waals surface area (Å²) in [5.74, 6) is 0.280. The van der Waals surface area contributed by atoms with Gasteiger partial charge in [0.2, 0.25) is 0 Å². The standard InChI is InChI=1S/C18H19NO4S/c20-17(19-10-12-4-3-5-12)14-6-1-2-7-16(14)24-11-15-13(18(21)22)8-9-23-15/h1-2,6-9,12H,3-5,10-11H2,(H,19,20)(H,21,22). The van der Waals surface area contributed by atoms with Gasteiger partial charge in [0.15, 0.2) is 0 Å². The van der Waals surface area contributed by atoms with Gasteiger partial charge < -0.3 is 14.8 Å². The first-order chi connectivity index (χ1) is 11.6. The van der Waals surface area contributed by atoms with Gasteiger partial charge in [-0.2, -0.15) is 0 Å². The Labute approximate surface area is 144 Å². The zero-order valence-electron chi connectivity index (χ0n) is 13.2.